The Balaban J connectivity index is 2.81. The standard InChI is InChI=1S/C9H9Cl2O/c1-2-12-6-7-8(10)4-3-5-9(7)11/h3-5H,1-2,6H2. The van der Waals surface area contributed by atoms with Crippen molar-refractivity contribution in [2.45, 2.75) is 6.61 Å². The maximum absolute atomic E-state index is 5.88. The molecule has 65 valence electrons. The second-order valence-corrected chi connectivity index (χ2v) is 3.07. The van der Waals surface area contributed by atoms with Crippen molar-refractivity contribution in [1.29, 1.82) is 0 Å². The summed E-state index contributed by atoms with van der Waals surface area (Å²) < 4.78 is 5.10. The molecule has 0 unspecified atom stereocenters. The summed E-state index contributed by atoms with van der Waals surface area (Å²) in [5, 5.41) is 1.27. The Labute approximate surface area is 82.2 Å². The van der Waals surface area contributed by atoms with Crippen LogP contribution in [0.2, 0.25) is 10.0 Å². The first-order valence-corrected chi connectivity index (χ1v) is 4.31. The van der Waals surface area contributed by atoms with Gasteiger partial charge in [-0.15, -0.1) is 0 Å². The molecule has 0 saturated carbocycles. The molecule has 0 aliphatic rings. The van der Waals surface area contributed by atoms with Gasteiger partial charge in [0.25, 0.3) is 0 Å². The summed E-state index contributed by atoms with van der Waals surface area (Å²) in [6.07, 6.45) is 0. The van der Waals surface area contributed by atoms with E-state index in [9.17, 15) is 0 Å². The number of rotatable bonds is 3. The summed E-state index contributed by atoms with van der Waals surface area (Å²) in [4.78, 5) is 0. The van der Waals surface area contributed by atoms with E-state index in [1.54, 1.807) is 18.2 Å². The van der Waals surface area contributed by atoms with Crippen molar-refractivity contribution in [3.05, 3.63) is 40.7 Å². The fraction of sp³-hybridized carbons (Fsp3) is 0.222. The van der Waals surface area contributed by atoms with Crippen molar-refractivity contribution < 1.29 is 4.74 Å². The molecule has 0 bridgehead atoms. The summed E-state index contributed by atoms with van der Waals surface area (Å²) in [5.41, 5.74) is 0.824. The SMILES string of the molecule is [CH2]COCc1c(Cl)cccc1Cl. The van der Waals surface area contributed by atoms with E-state index >= 15 is 0 Å². The highest BCUT2D eigenvalue weighted by molar-refractivity contribution is 6.35. The molecule has 0 aliphatic heterocycles. The number of hydrogen-bond donors (Lipinski definition) is 0. The van der Waals surface area contributed by atoms with Gasteiger partial charge in [0.1, 0.15) is 0 Å². The highest BCUT2D eigenvalue weighted by Gasteiger charge is 2.03. The third kappa shape index (κ3) is 2.37. The van der Waals surface area contributed by atoms with E-state index in [4.69, 9.17) is 27.9 Å². The van der Waals surface area contributed by atoms with E-state index in [1.165, 1.54) is 0 Å². The minimum absolute atomic E-state index is 0.418. The van der Waals surface area contributed by atoms with Crippen molar-refractivity contribution in [2.75, 3.05) is 6.61 Å². The Morgan fingerprint density at radius 3 is 2.33 bits per heavy atom. The Morgan fingerprint density at radius 2 is 1.83 bits per heavy atom. The predicted octanol–water partition coefficient (Wildman–Crippen LogP) is 3.34. The van der Waals surface area contributed by atoms with Crippen molar-refractivity contribution >= 4 is 23.2 Å². The molecule has 12 heavy (non-hydrogen) atoms. The zero-order valence-corrected chi connectivity index (χ0v) is 8.03. The average Bonchev–Trinajstić information content (AvgIpc) is 2.04. The van der Waals surface area contributed by atoms with Gasteiger partial charge in [-0.2, -0.15) is 0 Å². The lowest BCUT2D eigenvalue weighted by molar-refractivity contribution is 0.147. The zero-order chi connectivity index (χ0) is 8.97. The van der Waals surface area contributed by atoms with Crippen LogP contribution in [-0.2, 0) is 11.3 Å². The molecule has 1 aromatic carbocycles. The molecule has 1 rings (SSSR count). The van der Waals surface area contributed by atoms with Gasteiger partial charge in [-0.3, -0.25) is 0 Å². The quantitative estimate of drug-likeness (QED) is 0.733. The summed E-state index contributed by atoms with van der Waals surface area (Å²) in [7, 11) is 0. The van der Waals surface area contributed by atoms with Crippen LogP contribution in [0.15, 0.2) is 18.2 Å². The second kappa shape index (κ2) is 4.70. The van der Waals surface area contributed by atoms with E-state index in [2.05, 4.69) is 6.92 Å². The van der Waals surface area contributed by atoms with Gasteiger partial charge in [0.15, 0.2) is 0 Å². The van der Waals surface area contributed by atoms with Gasteiger partial charge in [-0.25, -0.2) is 0 Å². The van der Waals surface area contributed by atoms with Crippen LogP contribution in [-0.4, -0.2) is 6.61 Å². The van der Waals surface area contributed by atoms with Crippen LogP contribution in [0.3, 0.4) is 0 Å². The van der Waals surface area contributed by atoms with Crippen molar-refractivity contribution in [3.8, 4) is 0 Å². The Bertz CT molecular complexity index is 240. The molecule has 0 amide bonds. The van der Waals surface area contributed by atoms with E-state index in [0.717, 1.165) is 5.56 Å². The van der Waals surface area contributed by atoms with E-state index in [0.29, 0.717) is 23.3 Å². The first-order valence-electron chi connectivity index (χ1n) is 3.55. The van der Waals surface area contributed by atoms with Crippen LogP contribution in [0, 0.1) is 6.92 Å². The number of halogens is 2. The number of hydrogen-bond acceptors (Lipinski definition) is 1. The van der Waals surface area contributed by atoms with Crippen LogP contribution in [0.4, 0.5) is 0 Å². The minimum Gasteiger partial charge on any atom is -0.377 e. The monoisotopic (exact) mass is 203 g/mol. The van der Waals surface area contributed by atoms with Crippen LogP contribution in [0.1, 0.15) is 5.56 Å². The third-order valence-electron chi connectivity index (χ3n) is 1.45. The molecular formula is C9H9Cl2O. The molecule has 0 saturated heterocycles. The van der Waals surface area contributed by atoms with Gasteiger partial charge in [0.05, 0.1) is 6.61 Å². The molecule has 0 aliphatic carbocycles. The lowest BCUT2D eigenvalue weighted by atomic mass is 10.2. The first kappa shape index (κ1) is 9.85. The molecule has 0 atom stereocenters. The second-order valence-electron chi connectivity index (χ2n) is 2.25. The first-order chi connectivity index (χ1) is 5.75. The lowest BCUT2D eigenvalue weighted by Crippen LogP contribution is -1.93. The number of ether oxygens (including phenoxy) is 1. The predicted molar refractivity (Wildman–Crippen MR) is 51.5 cm³/mol. The van der Waals surface area contributed by atoms with Gasteiger partial charge in [0.2, 0.25) is 0 Å². The Hall–Kier alpha value is -0.240. The van der Waals surface area contributed by atoms with Crippen LogP contribution in [0.25, 0.3) is 0 Å². The molecule has 0 heterocycles. The summed E-state index contributed by atoms with van der Waals surface area (Å²) >= 11 is 11.8. The third-order valence-corrected chi connectivity index (χ3v) is 2.16. The molecule has 1 aromatic rings. The molecular weight excluding hydrogens is 195 g/mol. The minimum atomic E-state index is 0.418. The van der Waals surface area contributed by atoms with Gasteiger partial charge >= 0.3 is 0 Å². The molecule has 0 fully saturated rings. The fourth-order valence-electron chi connectivity index (χ4n) is 0.844. The molecule has 1 radical (unpaired) electrons. The number of benzene rings is 1. The Kier molecular flexibility index (Phi) is 3.86. The molecule has 1 nitrogen and oxygen atoms in total. The zero-order valence-electron chi connectivity index (χ0n) is 6.52. The fourth-order valence-corrected chi connectivity index (χ4v) is 1.35. The van der Waals surface area contributed by atoms with E-state index in [1.807, 2.05) is 0 Å². The van der Waals surface area contributed by atoms with Crippen molar-refractivity contribution in [1.82, 2.24) is 0 Å². The van der Waals surface area contributed by atoms with Crippen LogP contribution in [0.5, 0.6) is 0 Å². The Morgan fingerprint density at radius 1 is 1.25 bits per heavy atom. The average molecular weight is 204 g/mol. The van der Waals surface area contributed by atoms with Gasteiger partial charge in [0, 0.05) is 22.2 Å². The molecule has 0 spiro atoms. The van der Waals surface area contributed by atoms with Crippen molar-refractivity contribution in [2.24, 2.45) is 0 Å². The molecule has 3 heteroatoms. The lowest BCUT2D eigenvalue weighted by Gasteiger charge is -2.05. The largest absolute Gasteiger partial charge is 0.377 e. The van der Waals surface area contributed by atoms with Crippen LogP contribution < -0.4 is 0 Å². The topological polar surface area (TPSA) is 9.23 Å². The van der Waals surface area contributed by atoms with E-state index in [-0.39, 0.29) is 0 Å². The van der Waals surface area contributed by atoms with Gasteiger partial charge < -0.3 is 4.74 Å². The van der Waals surface area contributed by atoms with E-state index < -0.39 is 0 Å². The highest BCUT2D eigenvalue weighted by Crippen LogP contribution is 2.24. The summed E-state index contributed by atoms with van der Waals surface area (Å²) in [6.45, 7) is 4.39. The molecule has 0 N–H and O–H groups in total. The normalized spacial score (nSPS) is 10.2. The van der Waals surface area contributed by atoms with Gasteiger partial charge in [-0.05, 0) is 19.1 Å². The van der Waals surface area contributed by atoms with Gasteiger partial charge in [-0.1, -0.05) is 29.3 Å². The maximum Gasteiger partial charge on any atom is 0.0746 e. The smallest absolute Gasteiger partial charge is 0.0746 e. The summed E-state index contributed by atoms with van der Waals surface area (Å²) in [6, 6.07) is 5.38. The highest BCUT2D eigenvalue weighted by atomic mass is 35.5. The maximum atomic E-state index is 5.88. The van der Waals surface area contributed by atoms with Crippen LogP contribution >= 0.6 is 23.2 Å². The molecule has 0 aromatic heterocycles. The van der Waals surface area contributed by atoms with Crippen molar-refractivity contribution in [3.63, 3.8) is 0 Å². The summed E-state index contributed by atoms with van der Waals surface area (Å²) in [5.74, 6) is 0.